The number of pyridine rings is 3. The lowest BCUT2D eigenvalue weighted by Crippen LogP contribution is -2.24. The van der Waals surface area contributed by atoms with Crippen LogP contribution >= 0.6 is 0 Å². The summed E-state index contributed by atoms with van der Waals surface area (Å²) >= 11 is 0. The molecule has 7 nitrogen and oxygen atoms in total. The third kappa shape index (κ3) is 4.50. The fourth-order valence-electron chi connectivity index (χ4n) is 5.45. The number of likely N-dealkylation sites (tertiary alicyclic amines) is 1. The van der Waals surface area contributed by atoms with Crippen molar-refractivity contribution in [3.8, 4) is 33.9 Å². The van der Waals surface area contributed by atoms with Crippen molar-refractivity contribution in [2.24, 2.45) is 0 Å². The van der Waals surface area contributed by atoms with Gasteiger partial charge in [-0.25, -0.2) is 18.2 Å². The molecule has 6 heterocycles. The van der Waals surface area contributed by atoms with E-state index in [1.54, 1.807) is 23.5 Å². The van der Waals surface area contributed by atoms with Gasteiger partial charge >= 0.3 is 0 Å². The summed E-state index contributed by atoms with van der Waals surface area (Å²) in [7, 11) is 0. The maximum Gasteiger partial charge on any atom is 0.261 e. The van der Waals surface area contributed by atoms with Gasteiger partial charge in [0.25, 0.3) is 5.92 Å². The highest BCUT2D eigenvalue weighted by Gasteiger charge is 2.37. The zero-order chi connectivity index (χ0) is 27.4. The number of hydrogen-bond donors (Lipinski definition) is 2. The molecule has 0 aliphatic carbocycles. The number of aromatic amines is 2. The average Bonchev–Trinajstić information content (AvgIpc) is 3.63. The molecule has 0 radical (unpaired) electrons. The van der Waals surface area contributed by atoms with Crippen LogP contribution in [0.5, 0.6) is 0 Å². The topological polar surface area (TPSA) is 86.4 Å². The summed E-state index contributed by atoms with van der Waals surface area (Å²) in [6.07, 6.45) is 5.01. The number of hydrogen-bond acceptors (Lipinski definition) is 5. The van der Waals surface area contributed by atoms with E-state index >= 15 is 0 Å². The minimum absolute atomic E-state index is 0.116. The molecule has 0 saturated carbocycles. The standard InChI is InChI=1S/C30H24F3N7/c1-17-8-19(11-21(31)9-17)27-22-12-26(36-24(22)4-6-35-27)29-28-25(38-39-29)3-2-23(37-28)20-10-18(13-34-14-20)15-40-7-5-30(32,33)16-40/h2-4,6,8-14,36H,5,7,15-16H2,1H3,(H,38,39). The third-order valence-electron chi connectivity index (χ3n) is 7.27. The van der Waals surface area contributed by atoms with Crippen LogP contribution in [0.25, 0.3) is 55.8 Å². The van der Waals surface area contributed by atoms with E-state index in [0.717, 1.165) is 38.8 Å². The Morgan fingerprint density at radius 2 is 1.88 bits per heavy atom. The average molecular weight is 540 g/mol. The van der Waals surface area contributed by atoms with Gasteiger partial charge in [-0.1, -0.05) is 0 Å². The van der Waals surface area contributed by atoms with Crippen LogP contribution in [0.1, 0.15) is 17.5 Å². The predicted octanol–water partition coefficient (Wildman–Crippen LogP) is 6.52. The van der Waals surface area contributed by atoms with Gasteiger partial charge in [0.15, 0.2) is 0 Å². The number of alkyl halides is 2. The highest BCUT2D eigenvalue weighted by atomic mass is 19.3. The van der Waals surface area contributed by atoms with Gasteiger partial charge in [0.05, 0.1) is 29.1 Å². The van der Waals surface area contributed by atoms with Gasteiger partial charge in [0.1, 0.15) is 17.0 Å². The van der Waals surface area contributed by atoms with Gasteiger partial charge < -0.3 is 4.98 Å². The molecule has 5 aromatic heterocycles. The number of H-pyrrole nitrogens is 2. The fraction of sp³-hybridized carbons (Fsp3) is 0.200. The number of aryl methyl sites for hydroxylation is 1. The van der Waals surface area contributed by atoms with Crippen molar-refractivity contribution >= 4 is 21.9 Å². The van der Waals surface area contributed by atoms with Crippen molar-refractivity contribution in [1.82, 2.24) is 35.0 Å². The summed E-state index contributed by atoms with van der Waals surface area (Å²) in [5.74, 6) is -2.94. The van der Waals surface area contributed by atoms with Gasteiger partial charge in [-0.15, -0.1) is 0 Å². The Morgan fingerprint density at radius 1 is 0.975 bits per heavy atom. The summed E-state index contributed by atoms with van der Waals surface area (Å²) in [6.45, 7) is 2.39. The zero-order valence-electron chi connectivity index (χ0n) is 21.5. The van der Waals surface area contributed by atoms with Gasteiger partial charge in [0.2, 0.25) is 0 Å². The molecule has 0 atom stereocenters. The molecule has 200 valence electrons. The second-order valence-electron chi connectivity index (χ2n) is 10.4. The summed E-state index contributed by atoms with van der Waals surface area (Å²) < 4.78 is 41.5. The molecule has 1 aliphatic rings. The molecule has 1 aromatic carbocycles. The SMILES string of the molecule is Cc1cc(F)cc(-c2nccc3[nH]c(-c4n[nH]c5ccc(-c6cncc(CN7CCC(F)(F)C7)c6)nc45)cc23)c1. The normalized spacial score (nSPS) is 15.4. The largest absolute Gasteiger partial charge is 0.353 e. The van der Waals surface area contributed by atoms with Gasteiger partial charge in [-0.3, -0.25) is 20.0 Å². The number of nitrogens with one attached hydrogen (secondary N) is 2. The molecule has 7 rings (SSSR count). The highest BCUT2D eigenvalue weighted by molar-refractivity contribution is 5.99. The number of benzene rings is 1. The quantitative estimate of drug-likeness (QED) is 0.261. The first kappa shape index (κ1) is 24.5. The van der Waals surface area contributed by atoms with Gasteiger partial charge in [-0.05, 0) is 66.6 Å². The van der Waals surface area contributed by atoms with E-state index in [0.29, 0.717) is 41.3 Å². The van der Waals surface area contributed by atoms with E-state index in [4.69, 9.17) is 4.98 Å². The maximum atomic E-state index is 14.2. The Balaban J connectivity index is 1.25. The molecule has 0 spiro atoms. The minimum Gasteiger partial charge on any atom is -0.353 e. The van der Waals surface area contributed by atoms with E-state index in [2.05, 4.69) is 25.1 Å². The molecule has 1 saturated heterocycles. The van der Waals surface area contributed by atoms with Crippen LogP contribution in [0, 0.1) is 12.7 Å². The lowest BCUT2D eigenvalue weighted by atomic mass is 10.0. The maximum absolute atomic E-state index is 14.2. The van der Waals surface area contributed by atoms with E-state index < -0.39 is 5.92 Å². The van der Waals surface area contributed by atoms with Crippen molar-refractivity contribution in [1.29, 1.82) is 0 Å². The molecule has 0 unspecified atom stereocenters. The summed E-state index contributed by atoms with van der Waals surface area (Å²) in [5.41, 5.74) is 8.20. The van der Waals surface area contributed by atoms with Crippen LogP contribution in [0.4, 0.5) is 13.2 Å². The molecular weight excluding hydrogens is 515 g/mol. The molecule has 6 aromatic rings. The Hall–Kier alpha value is -4.57. The van der Waals surface area contributed by atoms with Crippen molar-refractivity contribution in [2.45, 2.75) is 25.8 Å². The van der Waals surface area contributed by atoms with Crippen LogP contribution in [0.15, 0.2) is 67.1 Å². The van der Waals surface area contributed by atoms with Gasteiger partial charge in [-0.2, -0.15) is 5.10 Å². The number of aromatic nitrogens is 6. The number of halogens is 3. The second-order valence-corrected chi connectivity index (χ2v) is 10.4. The molecule has 10 heteroatoms. The monoisotopic (exact) mass is 539 g/mol. The van der Waals surface area contributed by atoms with Gasteiger partial charge in [0, 0.05) is 60.1 Å². The number of rotatable bonds is 5. The molecule has 40 heavy (non-hydrogen) atoms. The number of fused-ring (bicyclic) bond motifs is 2. The summed E-state index contributed by atoms with van der Waals surface area (Å²) in [4.78, 5) is 18.9. The Morgan fingerprint density at radius 3 is 2.70 bits per heavy atom. The first-order chi connectivity index (χ1) is 19.3. The van der Waals surface area contributed by atoms with Crippen LogP contribution in [-0.4, -0.2) is 54.0 Å². The molecule has 0 amide bonds. The summed E-state index contributed by atoms with van der Waals surface area (Å²) in [6, 6.07) is 14.4. The van der Waals surface area contributed by atoms with Crippen LogP contribution in [-0.2, 0) is 6.54 Å². The van der Waals surface area contributed by atoms with E-state index in [1.807, 2.05) is 43.3 Å². The molecular formula is C30H24F3N7. The van der Waals surface area contributed by atoms with Crippen LogP contribution in [0.2, 0.25) is 0 Å². The third-order valence-corrected chi connectivity index (χ3v) is 7.27. The van der Waals surface area contributed by atoms with E-state index in [1.165, 1.54) is 12.1 Å². The Labute approximate surface area is 227 Å². The smallest absolute Gasteiger partial charge is 0.261 e. The molecule has 1 aliphatic heterocycles. The second kappa shape index (κ2) is 9.27. The van der Waals surface area contributed by atoms with Crippen molar-refractivity contribution in [2.75, 3.05) is 13.1 Å². The Kier molecular flexibility index (Phi) is 5.67. The van der Waals surface area contributed by atoms with E-state index in [9.17, 15) is 13.2 Å². The van der Waals surface area contributed by atoms with Crippen molar-refractivity contribution < 1.29 is 13.2 Å². The zero-order valence-corrected chi connectivity index (χ0v) is 21.5. The first-order valence-electron chi connectivity index (χ1n) is 13.0. The van der Waals surface area contributed by atoms with Crippen LogP contribution in [0.3, 0.4) is 0 Å². The van der Waals surface area contributed by atoms with Crippen LogP contribution < -0.4 is 0 Å². The molecule has 0 bridgehead atoms. The lowest BCUT2D eigenvalue weighted by Gasteiger charge is -2.15. The Bertz CT molecular complexity index is 1870. The first-order valence-corrected chi connectivity index (χ1v) is 13.0. The van der Waals surface area contributed by atoms with Crippen molar-refractivity contribution in [3.63, 3.8) is 0 Å². The number of nitrogens with zero attached hydrogens (tertiary/aromatic N) is 5. The summed E-state index contributed by atoms with van der Waals surface area (Å²) in [5, 5.41) is 8.43. The fourth-order valence-corrected chi connectivity index (χ4v) is 5.45. The molecule has 1 fully saturated rings. The lowest BCUT2D eigenvalue weighted by molar-refractivity contribution is 0.0115. The molecule has 2 N–H and O–H groups in total. The highest BCUT2D eigenvalue weighted by Crippen LogP contribution is 2.34. The minimum atomic E-state index is -2.63. The predicted molar refractivity (Wildman–Crippen MR) is 147 cm³/mol. The van der Waals surface area contributed by atoms with E-state index in [-0.39, 0.29) is 18.8 Å². The van der Waals surface area contributed by atoms with Crippen molar-refractivity contribution in [3.05, 3.63) is 84.1 Å².